The number of nitrogens with one attached hydrogen (secondary N) is 1. The van der Waals surface area contributed by atoms with E-state index in [1.165, 1.54) is 68.9 Å². The van der Waals surface area contributed by atoms with Gasteiger partial charge in [-0.15, -0.1) is 0 Å². The molecule has 0 heterocycles. The van der Waals surface area contributed by atoms with Crippen LogP contribution in [0.3, 0.4) is 0 Å². The highest BCUT2D eigenvalue weighted by molar-refractivity contribution is 5.67. The Morgan fingerprint density at radius 2 is 1.65 bits per heavy atom. The van der Waals surface area contributed by atoms with Gasteiger partial charge in [-0.3, -0.25) is 9.59 Å². The molecular weight excluding hydrogens is 498 g/mol. The number of carboxylic acids is 2. The zero-order chi connectivity index (χ0) is 28.9. The average Bonchev–Trinajstić information content (AvgIpc) is 3.31. The van der Waals surface area contributed by atoms with Crippen molar-refractivity contribution in [1.29, 1.82) is 0 Å². The summed E-state index contributed by atoms with van der Waals surface area (Å²) in [5.41, 5.74) is 3.82. The second-order valence-electron chi connectivity index (χ2n) is 15.1. The normalized spacial score (nSPS) is 44.6. The van der Waals surface area contributed by atoms with Gasteiger partial charge in [0.15, 0.2) is 0 Å². The Balaban J connectivity index is 1.40. The number of rotatable bonds is 9. The number of aliphatic carboxylic acids is 2. The lowest BCUT2D eigenvalue weighted by molar-refractivity contribution is -0.212. The first-order valence-electron chi connectivity index (χ1n) is 16.5. The average molecular weight is 554 g/mol. The van der Waals surface area contributed by atoms with Crippen molar-refractivity contribution in [3.05, 3.63) is 23.3 Å². The largest absolute Gasteiger partial charge is 0.481 e. The van der Waals surface area contributed by atoms with Crippen molar-refractivity contribution in [2.24, 2.45) is 45.8 Å². The molecule has 5 nitrogen and oxygen atoms in total. The zero-order valence-electron chi connectivity index (χ0n) is 25.9. The molecule has 0 radical (unpaired) electrons. The van der Waals surface area contributed by atoms with Crippen LogP contribution in [0.25, 0.3) is 0 Å². The van der Waals surface area contributed by atoms with Crippen LogP contribution >= 0.6 is 0 Å². The SMILES string of the molecule is CC/C=C(\CCC(=O)O)C1=CCC2(C)C(CC[C@]3(C)C2CCC2[C@H]4CCCC4(NCCC(=O)O)CC[C@]23C)C1C. The summed E-state index contributed by atoms with van der Waals surface area (Å²) in [6.45, 7) is 13.1. The summed E-state index contributed by atoms with van der Waals surface area (Å²) in [5, 5.41) is 22.5. The quantitative estimate of drug-likeness (QED) is 0.269. The number of carbonyl (C=O) groups is 2. The van der Waals surface area contributed by atoms with Crippen LogP contribution in [0.2, 0.25) is 0 Å². The van der Waals surface area contributed by atoms with Crippen molar-refractivity contribution in [2.45, 2.75) is 130 Å². The van der Waals surface area contributed by atoms with Crippen molar-refractivity contribution in [2.75, 3.05) is 6.54 Å². The molecule has 9 atom stereocenters. The number of hydrogen-bond acceptors (Lipinski definition) is 3. The van der Waals surface area contributed by atoms with E-state index < -0.39 is 11.9 Å². The minimum atomic E-state index is -0.704. The molecule has 4 fully saturated rings. The molecule has 5 aliphatic carbocycles. The molecule has 0 aromatic heterocycles. The third-order valence-corrected chi connectivity index (χ3v) is 13.8. The Morgan fingerprint density at radius 3 is 2.35 bits per heavy atom. The summed E-state index contributed by atoms with van der Waals surface area (Å²) in [5.74, 6) is 1.85. The van der Waals surface area contributed by atoms with Gasteiger partial charge in [-0.2, -0.15) is 0 Å². The second kappa shape index (κ2) is 10.9. The van der Waals surface area contributed by atoms with Gasteiger partial charge in [0.25, 0.3) is 0 Å². The first kappa shape index (κ1) is 29.9. The predicted octanol–water partition coefficient (Wildman–Crippen LogP) is 8.01. The lowest BCUT2D eigenvalue weighted by Gasteiger charge is -2.71. The molecule has 0 aromatic carbocycles. The topological polar surface area (TPSA) is 86.6 Å². The van der Waals surface area contributed by atoms with Gasteiger partial charge in [-0.05, 0) is 128 Å². The molecule has 0 spiro atoms. The Hall–Kier alpha value is -1.62. The summed E-state index contributed by atoms with van der Waals surface area (Å²) >= 11 is 0. The Kier molecular flexibility index (Phi) is 8.13. The minimum Gasteiger partial charge on any atom is -0.481 e. The van der Waals surface area contributed by atoms with Crippen LogP contribution in [0.15, 0.2) is 23.3 Å². The highest BCUT2D eigenvalue weighted by Gasteiger charge is 2.68. The molecule has 5 aliphatic rings. The molecule has 0 bridgehead atoms. The molecule has 6 unspecified atom stereocenters. The molecule has 224 valence electrons. The Morgan fingerprint density at radius 1 is 0.900 bits per heavy atom. The predicted molar refractivity (Wildman–Crippen MR) is 160 cm³/mol. The van der Waals surface area contributed by atoms with E-state index in [0.29, 0.717) is 47.5 Å². The van der Waals surface area contributed by atoms with E-state index in [9.17, 15) is 19.8 Å². The highest BCUT2D eigenvalue weighted by atomic mass is 16.4. The standard InChI is InChI=1S/C35H55NO4/c1-6-8-24(10-13-30(37)38)25-14-18-32(3)26(23(25)2)15-19-34(5)29(32)12-11-27-28-9-7-17-35(28,21-20-33(27,34)4)36-22-16-31(39)40/h8,14,23,26-29,36H,6-7,9-13,15-22H2,1-5H3,(H,37,38)(H,39,40)/b24-8+/t23?,26?,27?,28-,29?,32?,33-,34-,35?/m1/s1. The van der Waals surface area contributed by atoms with Gasteiger partial charge >= 0.3 is 11.9 Å². The monoisotopic (exact) mass is 553 g/mol. The van der Waals surface area contributed by atoms with Gasteiger partial charge in [-0.1, -0.05) is 53.2 Å². The maximum atomic E-state index is 11.4. The first-order valence-corrected chi connectivity index (χ1v) is 16.5. The summed E-state index contributed by atoms with van der Waals surface area (Å²) in [6, 6.07) is 0. The molecule has 4 saturated carbocycles. The van der Waals surface area contributed by atoms with Gasteiger partial charge < -0.3 is 15.5 Å². The maximum Gasteiger partial charge on any atom is 0.304 e. The Bertz CT molecular complexity index is 1060. The van der Waals surface area contributed by atoms with Crippen LogP contribution in [-0.4, -0.2) is 34.2 Å². The number of carboxylic acid groups (broad SMARTS) is 2. The lowest BCUT2D eigenvalue weighted by atomic mass is 9.34. The first-order chi connectivity index (χ1) is 18.9. The molecule has 5 rings (SSSR count). The van der Waals surface area contributed by atoms with Crippen LogP contribution < -0.4 is 5.32 Å². The van der Waals surface area contributed by atoms with E-state index in [2.05, 4.69) is 52.1 Å². The number of allylic oxidation sites excluding steroid dienone is 4. The fraction of sp³-hybridized carbons (Fsp3) is 0.829. The van der Waals surface area contributed by atoms with Gasteiger partial charge in [0, 0.05) is 18.5 Å². The van der Waals surface area contributed by atoms with Crippen molar-refractivity contribution >= 4 is 11.9 Å². The minimum absolute atomic E-state index is 0.152. The summed E-state index contributed by atoms with van der Waals surface area (Å²) < 4.78 is 0. The van der Waals surface area contributed by atoms with E-state index in [1.807, 2.05) is 0 Å². The Labute approximate surface area is 242 Å². The molecule has 3 N–H and O–H groups in total. The van der Waals surface area contributed by atoms with Crippen molar-refractivity contribution in [3.63, 3.8) is 0 Å². The van der Waals surface area contributed by atoms with E-state index >= 15 is 0 Å². The van der Waals surface area contributed by atoms with Crippen LogP contribution in [0, 0.1) is 45.8 Å². The highest BCUT2D eigenvalue weighted by Crippen LogP contribution is 2.74. The van der Waals surface area contributed by atoms with Crippen molar-refractivity contribution in [1.82, 2.24) is 5.32 Å². The van der Waals surface area contributed by atoms with Crippen molar-refractivity contribution in [3.8, 4) is 0 Å². The third kappa shape index (κ3) is 4.61. The zero-order valence-corrected chi connectivity index (χ0v) is 25.9. The number of fused-ring (bicyclic) bond motifs is 7. The number of hydrogen-bond donors (Lipinski definition) is 3. The van der Waals surface area contributed by atoms with Gasteiger partial charge in [0.05, 0.1) is 6.42 Å². The molecular formula is C35H55NO4. The maximum absolute atomic E-state index is 11.4. The molecule has 0 saturated heterocycles. The molecule has 0 aromatic rings. The summed E-state index contributed by atoms with van der Waals surface area (Å²) in [7, 11) is 0. The van der Waals surface area contributed by atoms with Gasteiger partial charge in [0.2, 0.25) is 0 Å². The van der Waals surface area contributed by atoms with E-state index in [-0.39, 0.29) is 23.8 Å². The van der Waals surface area contributed by atoms with E-state index in [4.69, 9.17) is 0 Å². The summed E-state index contributed by atoms with van der Waals surface area (Å²) in [4.78, 5) is 22.6. The molecule has 0 aliphatic heterocycles. The smallest absolute Gasteiger partial charge is 0.304 e. The molecule has 5 heteroatoms. The van der Waals surface area contributed by atoms with Gasteiger partial charge in [0.1, 0.15) is 0 Å². The lowest BCUT2D eigenvalue weighted by Crippen LogP contribution is -2.67. The van der Waals surface area contributed by atoms with Crippen molar-refractivity contribution < 1.29 is 19.8 Å². The summed E-state index contributed by atoms with van der Waals surface area (Å²) in [6.07, 6.45) is 19.4. The molecule has 40 heavy (non-hydrogen) atoms. The van der Waals surface area contributed by atoms with Crippen LogP contribution in [-0.2, 0) is 9.59 Å². The third-order valence-electron chi connectivity index (χ3n) is 13.8. The second-order valence-corrected chi connectivity index (χ2v) is 15.1. The van der Waals surface area contributed by atoms with Crippen LogP contribution in [0.4, 0.5) is 0 Å². The fourth-order valence-electron chi connectivity index (χ4n) is 11.8. The van der Waals surface area contributed by atoms with Crippen LogP contribution in [0.5, 0.6) is 0 Å². The van der Waals surface area contributed by atoms with E-state index in [1.54, 1.807) is 0 Å². The van der Waals surface area contributed by atoms with Crippen LogP contribution in [0.1, 0.15) is 125 Å². The van der Waals surface area contributed by atoms with E-state index in [0.717, 1.165) is 18.8 Å². The van der Waals surface area contributed by atoms with Gasteiger partial charge in [-0.25, -0.2) is 0 Å². The molecule has 0 amide bonds. The fourth-order valence-corrected chi connectivity index (χ4v) is 11.8.